The van der Waals surface area contributed by atoms with Gasteiger partial charge >= 0.3 is 0 Å². The van der Waals surface area contributed by atoms with Crippen LogP contribution >= 0.6 is 0 Å². The van der Waals surface area contributed by atoms with Gasteiger partial charge in [0.05, 0.1) is 13.2 Å². The van der Waals surface area contributed by atoms with Gasteiger partial charge in [-0.1, -0.05) is 37.3 Å². The Morgan fingerprint density at radius 3 is 2.67 bits per heavy atom. The van der Waals surface area contributed by atoms with Crippen LogP contribution in [0.3, 0.4) is 0 Å². The van der Waals surface area contributed by atoms with Crippen molar-refractivity contribution in [3.05, 3.63) is 35.9 Å². The molecule has 3 heteroatoms. The predicted octanol–water partition coefficient (Wildman–Crippen LogP) is 2.91. The third-order valence-corrected chi connectivity index (χ3v) is 4.28. The molecule has 3 nitrogen and oxygen atoms in total. The van der Waals surface area contributed by atoms with Gasteiger partial charge in [0.25, 0.3) is 0 Å². The first-order valence-corrected chi connectivity index (χ1v) is 8.29. The molecule has 2 rings (SSSR count). The minimum atomic E-state index is 0.516. The molecule has 0 bridgehead atoms. The molecular formula is C18H30N2O. The third-order valence-electron chi connectivity index (χ3n) is 4.28. The molecule has 0 saturated carbocycles. The van der Waals surface area contributed by atoms with Crippen LogP contribution in [0.5, 0.6) is 0 Å². The van der Waals surface area contributed by atoms with E-state index in [0.717, 1.165) is 32.8 Å². The van der Waals surface area contributed by atoms with E-state index in [1.807, 2.05) is 0 Å². The maximum Gasteiger partial charge on any atom is 0.0623 e. The first kappa shape index (κ1) is 16.5. The Morgan fingerprint density at radius 1 is 1.24 bits per heavy atom. The molecule has 0 spiro atoms. The van der Waals surface area contributed by atoms with Gasteiger partial charge in [0, 0.05) is 31.1 Å². The van der Waals surface area contributed by atoms with Crippen molar-refractivity contribution in [2.24, 2.45) is 5.92 Å². The van der Waals surface area contributed by atoms with Crippen molar-refractivity contribution in [1.82, 2.24) is 10.2 Å². The standard InChI is InChI=1S/C18H30N2O/c1-4-10-19-18-14-21-13-17(18)12-20(15(2)3)11-16-8-6-5-7-9-16/h5-9,15,17-19H,4,10-14H2,1-3H3. The van der Waals surface area contributed by atoms with Crippen LogP contribution in [-0.2, 0) is 11.3 Å². The molecule has 1 aliphatic rings. The van der Waals surface area contributed by atoms with E-state index >= 15 is 0 Å². The zero-order valence-corrected chi connectivity index (χ0v) is 13.7. The number of hydrogen-bond donors (Lipinski definition) is 1. The van der Waals surface area contributed by atoms with Gasteiger partial charge < -0.3 is 10.1 Å². The number of ether oxygens (including phenoxy) is 1. The number of benzene rings is 1. The van der Waals surface area contributed by atoms with Crippen molar-refractivity contribution in [3.8, 4) is 0 Å². The molecule has 0 aliphatic carbocycles. The fourth-order valence-electron chi connectivity index (χ4n) is 2.91. The predicted molar refractivity (Wildman–Crippen MR) is 88.4 cm³/mol. The molecule has 1 aliphatic heterocycles. The van der Waals surface area contributed by atoms with Gasteiger partial charge in [0.1, 0.15) is 0 Å². The van der Waals surface area contributed by atoms with Gasteiger partial charge in [-0.3, -0.25) is 4.90 Å². The summed E-state index contributed by atoms with van der Waals surface area (Å²) < 4.78 is 5.71. The van der Waals surface area contributed by atoms with Crippen molar-refractivity contribution in [2.75, 3.05) is 26.3 Å². The molecule has 1 saturated heterocycles. The smallest absolute Gasteiger partial charge is 0.0623 e. The van der Waals surface area contributed by atoms with Crippen LogP contribution in [0.25, 0.3) is 0 Å². The Labute approximate surface area is 129 Å². The Balaban J connectivity index is 1.92. The fourth-order valence-corrected chi connectivity index (χ4v) is 2.91. The molecule has 1 aromatic rings. The summed E-state index contributed by atoms with van der Waals surface area (Å²) in [7, 11) is 0. The SMILES string of the molecule is CCCNC1COCC1CN(Cc1ccccc1)C(C)C. The summed E-state index contributed by atoms with van der Waals surface area (Å²) in [5.41, 5.74) is 1.39. The van der Waals surface area contributed by atoms with Crippen LogP contribution in [0.15, 0.2) is 30.3 Å². The van der Waals surface area contributed by atoms with E-state index in [2.05, 4.69) is 61.3 Å². The van der Waals surface area contributed by atoms with Crippen LogP contribution in [-0.4, -0.2) is 43.3 Å². The van der Waals surface area contributed by atoms with Crippen molar-refractivity contribution in [2.45, 2.75) is 45.8 Å². The van der Waals surface area contributed by atoms with Gasteiger partial charge in [-0.25, -0.2) is 0 Å². The molecule has 1 heterocycles. The molecule has 2 unspecified atom stereocenters. The first-order valence-electron chi connectivity index (χ1n) is 8.29. The van der Waals surface area contributed by atoms with Gasteiger partial charge in [-0.05, 0) is 32.4 Å². The van der Waals surface area contributed by atoms with E-state index in [0.29, 0.717) is 18.0 Å². The Kier molecular flexibility index (Phi) is 6.68. The second-order valence-corrected chi connectivity index (χ2v) is 6.37. The summed E-state index contributed by atoms with van der Waals surface area (Å²) in [6.45, 7) is 11.8. The van der Waals surface area contributed by atoms with Gasteiger partial charge in [0.15, 0.2) is 0 Å². The van der Waals surface area contributed by atoms with E-state index in [4.69, 9.17) is 4.74 Å². The van der Waals surface area contributed by atoms with Crippen molar-refractivity contribution < 1.29 is 4.74 Å². The van der Waals surface area contributed by atoms with Crippen LogP contribution in [0.4, 0.5) is 0 Å². The van der Waals surface area contributed by atoms with Crippen LogP contribution < -0.4 is 5.32 Å². The minimum absolute atomic E-state index is 0.516. The highest BCUT2D eigenvalue weighted by atomic mass is 16.5. The summed E-state index contributed by atoms with van der Waals surface area (Å²) >= 11 is 0. The molecule has 1 N–H and O–H groups in total. The maximum absolute atomic E-state index is 5.71. The van der Waals surface area contributed by atoms with Crippen LogP contribution in [0, 0.1) is 5.92 Å². The number of nitrogens with zero attached hydrogens (tertiary/aromatic N) is 1. The fraction of sp³-hybridized carbons (Fsp3) is 0.667. The van der Waals surface area contributed by atoms with Crippen LogP contribution in [0.1, 0.15) is 32.8 Å². The van der Waals surface area contributed by atoms with Crippen molar-refractivity contribution >= 4 is 0 Å². The summed E-state index contributed by atoms with van der Waals surface area (Å²) in [4.78, 5) is 2.56. The molecular weight excluding hydrogens is 260 g/mol. The van der Waals surface area contributed by atoms with Gasteiger partial charge in [0.2, 0.25) is 0 Å². The number of nitrogens with one attached hydrogen (secondary N) is 1. The monoisotopic (exact) mass is 290 g/mol. The largest absolute Gasteiger partial charge is 0.379 e. The second kappa shape index (κ2) is 8.52. The lowest BCUT2D eigenvalue weighted by atomic mass is 10.0. The Hall–Kier alpha value is -0.900. The molecule has 2 atom stereocenters. The second-order valence-electron chi connectivity index (χ2n) is 6.37. The highest BCUT2D eigenvalue weighted by molar-refractivity contribution is 5.14. The first-order chi connectivity index (χ1) is 10.2. The summed E-state index contributed by atoms with van der Waals surface area (Å²) in [6.07, 6.45) is 1.18. The molecule has 118 valence electrons. The average Bonchev–Trinajstić information content (AvgIpc) is 2.92. The lowest BCUT2D eigenvalue weighted by molar-refractivity contribution is 0.147. The summed E-state index contributed by atoms with van der Waals surface area (Å²) in [5.74, 6) is 0.600. The topological polar surface area (TPSA) is 24.5 Å². The molecule has 21 heavy (non-hydrogen) atoms. The molecule has 0 aromatic heterocycles. The van der Waals surface area contributed by atoms with E-state index in [9.17, 15) is 0 Å². The zero-order chi connectivity index (χ0) is 15.1. The van der Waals surface area contributed by atoms with Crippen molar-refractivity contribution in [3.63, 3.8) is 0 Å². The van der Waals surface area contributed by atoms with E-state index in [1.54, 1.807) is 0 Å². The molecule has 1 fully saturated rings. The maximum atomic E-state index is 5.71. The zero-order valence-electron chi connectivity index (χ0n) is 13.7. The molecule has 1 aromatic carbocycles. The van der Waals surface area contributed by atoms with E-state index in [1.165, 1.54) is 12.0 Å². The number of rotatable bonds is 8. The normalized spacial score (nSPS) is 22.3. The highest BCUT2D eigenvalue weighted by Gasteiger charge is 2.29. The van der Waals surface area contributed by atoms with E-state index < -0.39 is 0 Å². The Bertz CT molecular complexity index is 393. The summed E-state index contributed by atoms with van der Waals surface area (Å²) in [6, 6.07) is 11.8. The van der Waals surface area contributed by atoms with Crippen molar-refractivity contribution in [1.29, 1.82) is 0 Å². The summed E-state index contributed by atoms with van der Waals surface area (Å²) in [5, 5.41) is 3.64. The number of hydrogen-bond acceptors (Lipinski definition) is 3. The lowest BCUT2D eigenvalue weighted by Crippen LogP contribution is -2.43. The molecule has 0 amide bonds. The van der Waals surface area contributed by atoms with Gasteiger partial charge in [-0.2, -0.15) is 0 Å². The van der Waals surface area contributed by atoms with Crippen LogP contribution in [0.2, 0.25) is 0 Å². The van der Waals surface area contributed by atoms with E-state index in [-0.39, 0.29) is 0 Å². The lowest BCUT2D eigenvalue weighted by Gasteiger charge is -2.31. The molecule has 0 radical (unpaired) electrons. The highest BCUT2D eigenvalue weighted by Crippen LogP contribution is 2.18. The minimum Gasteiger partial charge on any atom is -0.379 e. The quantitative estimate of drug-likeness (QED) is 0.797. The van der Waals surface area contributed by atoms with Gasteiger partial charge in [-0.15, -0.1) is 0 Å². The average molecular weight is 290 g/mol. The Morgan fingerprint density at radius 2 is 2.00 bits per heavy atom. The third kappa shape index (κ3) is 5.10.